The van der Waals surface area contributed by atoms with Crippen LogP contribution in [0.5, 0.6) is 0 Å². The number of carbonyl (C=O) groups is 2. The molecule has 25 heavy (non-hydrogen) atoms. The average Bonchev–Trinajstić information content (AvgIpc) is 2.89. The number of hydrogen-bond donors (Lipinski definition) is 0. The topological polar surface area (TPSA) is 46.6 Å². The predicted molar refractivity (Wildman–Crippen MR) is 93.4 cm³/mol. The van der Waals surface area contributed by atoms with E-state index in [0.29, 0.717) is 0 Å². The Bertz CT molecular complexity index is 839. The van der Waals surface area contributed by atoms with Crippen LogP contribution in [0.2, 0.25) is 5.02 Å². The standard InChI is InChI=1S/C19H17ClFNO3/c1-11-9-13-5-3-4-6-17(13)22(11)18(23)12(2)25-19(24)15-8-7-14(20)10-16(15)21/h3-8,10-12H,9H2,1-2H3/t11-,12+/m1/s1. The molecule has 0 bridgehead atoms. The highest BCUT2D eigenvalue weighted by molar-refractivity contribution is 6.30. The maximum absolute atomic E-state index is 13.8. The van der Waals surface area contributed by atoms with Gasteiger partial charge in [0.25, 0.3) is 5.91 Å². The van der Waals surface area contributed by atoms with Gasteiger partial charge in [-0.1, -0.05) is 29.8 Å². The van der Waals surface area contributed by atoms with Crippen LogP contribution in [0.4, 0.5) is 10.1 Å². The van der Waals surface area contributed by atoms with Gasteiger partial charge in [-0.3, -0.25) is 4.79 Å². The maximum Gasteiger partial charge on any atom is 0.341 e. The lowest BCUT2D eigenvalue weighted by molar-refractivity contribution is -0.126. The van der Waals surface area contributed by atoms with Crippen molar-refractivity contribution in [2.75, 3.05) is 4.90 Å². The number of fused-ring (bicyclic) bond motifs is 1. The number of anilines is 1. The van der Waals surface area contributed by atoms with Crippen LogP contribution in [0.15, 0.2) is 42.5 Å². The molecule has 0 unspecified atom stereocenters. The third-order valence-corrected chi connectivity index (χ3v) is 4.46. The molecule has 1 aliphatic rings. The molecule has 1 amide bonds. The van der Waals surface area contributed by atoms with Crippen molar-refractivity contribution in [1.29, 1.82) is 0 Å². The molecule has 2 atom stereocenters. The fraction of sp³-hybridized carbons (Fsp3) is 0.263. The van der Waals surface area contributed by atoms with Crippen molar-refractivity contribution in [3.05, 3.63) is 64.4 Å². The summed E-state index contributed by atoms with van der Waals surface area (Å²) < 4.78 is 19.0. The first-order valence-electron chi connectivity index (χ1n) is 7.95. The van der Waals surface area contributed by atoms with E-state index in [4.69, 9.17) is 16.3 Å². The third kappa shape index (κ3) is 3.37. The summed E-state index contributed by atoms with van der Waals surface area (Å²) in [6.07, 6.45) is -0.287. The van der Waals surface area contributed by atoms with E-state index in [1.54, 1.807) is 4.90 Å². The first-order valence-corrected chi connectivity index (χ1v) is 8.33. The number of nitrogens with zero attached hydrogens (tertiary/aromatic N) is 1. The Balaban J connectivity index is 1.76. The molecule has 0 saturated heterocycles. The largest absolute Gasteiger partial charge is 0.449 e. The molecule has 130 valence electrons. The quantitative estimate of drug-likeness (QED) is 0.776. The van der Waals surface area contributed by atoms with Crippen LogP contribution >= 0.6 is 11.6 Å². The number of halogens is 2. The molecule has 0 spiro atoms. The van der Waals surface area contributed by atoms with Gasteiger partial charge in [-0.2, -0.15) is 0 Å². The Morgan fingerprint density at radius 2 is 2.00 bits per heavy atom. The van der Waals surface area contributed by atoms with Crippen LogP contribution in [-0.4, -0.2) is 24.0 Å². The molecule has 0 radical (unpaired) electrons. The highest BCUT2D eigenvalue weighted by atomic mass is 35.5. The second-order valence-electron chi connectivity index (χ2n) is 6.06. The Morgan fingerprint density at radius 1 is 1.28 bits per heavy atom. The van der Waals surface area contributed by atoms with E-state index in [1.165, 1.54) is 19.1 Å². The molecule has 4 nitrogen and oxygen atoms in total. The summed E-state index contributed by atoms with van der Waals surface area (Å²) in [5, 5.41) is 0.181. The van der Waals surface area contributed by atoms with E-state index in [2.05, 4.69) is 0 Å². The van der Waals surface area contributed by atoms with Gasteiger partial charge in [-0.25, -0.2) is 9.18 Å². The highest BCUT2D eigenvalue weighted by Gasteiger charge is 2.34. The highest BCUT2D eigenvalue weighted by Crippen LogP contribution is 2.32. The Labute approximate surface area is 150 Å². The first kappa shape index (κ1) is 17.4. The van der Waals surface area contributed by atoms with Gasteiger partial charge in [0, 0.05) is 16.8 Å². The molecule has 6 heteroatoms. The number of carbonyl (C=O) groups excluding carboxylic acids is 2. The summed E-state index contributed by atoms with van der Waals surface area (Å²) in [4.78, 5) is 26.5. The predicted octanol–water partition coefficient (Wildman–Crippen LogP) is 4.00. The molecule has 0 N–H and O–H groups in total. The zero-order chi connectivity index (χ0) is 18.1. The van der Waals surface area contributed by atoms with Crippen LogP contribution < -0.4 is 4.90 Å². The molecule has 1 aliphatic heterocycles. The Hall–Kier alpha value is -2.40. The summed E-state index contributed by atoms with van der Waals surface area (Å²) in [6, 6.07) is 11.3. The van der Waals surface area contributed by atoms with Crippen molar-refractivity contribution in [1.82, 2.24) is 0 Å². The molecule has 0 aliphatic carbocycles. The molecule has 0 saturated carbocycles. The second-order valence-corrected chi connectivity index (χ2v) is 6.50. The number of rotatable bonds is 3. The van der Waals surface area contributed by atoms with E-state index < -0.39 is 17.9 Å². The van der Waals surface area contributed by atoms with Crippen LogP contribution in [0.1, 0.15) is 29.8 Å². The minimum Gasteiger partial charge on any atom is -0.449 e. The van der Waals surface area contributed by atoms with Crippen LogP contribution in [-0.2, 0) is 16.0 Å². The minimum absolute atomic E-state index is 0.0293. The summed E-state index contributed by atoms with van der Waals surface area (Å²) >= 11 is 5.67. The van der Waals surface area contributed by atoms with Crippen LogP contribution in [0, 0.1) is 5.82 Å². The van der Waals surface area contributed by atoms with E-state index in [-0.39, 0.29) is 22.5 Å². The van der Waals surface area contributed by atoms with Crippen molar-refractivity contribution < 1.29 is 18.7 Å². The fourth-order valence-electron chi connectivity index (χ4n) is 3.03. The summed E-state index contributed by atoms with van der Waals surface area (Å²) in [6.45, 7) is 3.42. The molecular formula is C19H17ClFNO3. The number of hydrogen-bond acceptors (Lipinski definition) is 3. The molecule has 0 aromatic heterocycles. The summed E-state index contributed by atoms with van der Waals surface area (Å²) in [7, 11) is 0. The van der Waals surface area contributed by atoms with E-state index in [9.17, 15) is 14.0 Å². The first-order chi connectivity index (χ1) is 11.9. The van der Waals surface area contributed by atoms with Gasteiger partial charge in [0.2, 0.25) is 0 Å². The minimum atomic E-state index is -1.03. The lowest BCUT2D eigenvalue weighted by Crippen LogP contribution is -2.43. The fourth-order valence-corrected chi connectivity index (χ4v) is 3.19. The maximum atomic E-state index is 13.8. The van der Waals surface area contributed by atoms with Crippen molar-refractivity contribution in [2.45, 2.75) is 32.4 Å². The number of benzene rings is 2. The summed E-state index contributed by atoms with van der Waals surface area (Å²) in [5.74, 6) is -2.01. The van der Waals surface area contributed by atoms with Gasteiger partial charge in [0.05, 0.1) is 5.56 Å². The second kappa shape index (κ2) is 6.84. The van der Waals surface area contributed by atoms with Crippen LogP contribution in [0.25, 0.3) is 0 Å². The SMILES string of the molecule is C[C@H](OC(=O)c1ccc(Cl)cc1F)C(=O)N1c2ccccc2C[C@H]1C. The normalized spacial score (nSPS) is 17.1. The molecule has 2 aromatic rings. The van der Waals surface area contributed by atoms with Crippen LogP contribution in [0.3, 0.4) is 0 Å². The number of para-hydroxylation sites is 1. The van der Waals surface area contributed by atoms with Crippen molar-refractivity contribution in [3.63, 3.8) is 0 Å². The van der Waals surface area contributed by atoms with Gasteiger partial charge < -0.3 is 9.64 Å². The Kier molecular flexibility index (Phi) is 4.77. The van der Waals surface area contributed by atoms with E-state index >= 15 is 0 Å². The van der Waals surface area contributed by atoms with E-state index in [1.807, 2.05) is 31.2 Å². The van der Waals surface area contributed by atoms with Crippen molar-refractivity contribution in [2.24, 2.45) is 0 Å². The van der Waals surface area contributed by atoms with Gasteiger partial charge in [-0.05, 0) is 50.1 Å². The van der Waals surface area contributed by atoms with Crippen molar-refractivity contribution in [3.8, 4) is 0 Å². The van der Waals surface area contributed by atoms with Gasteiger partial charge in [0.1, 0.15) is 5.82 Å². The molecule has 1 heterocycles. The number of amides is 1. The van der Waals surface area contributed by atoms with Crippen molar-refractivity contribution >= 4 is 29.2 Å². The smallest absolute Gasteiger partial charge is 0.341 e. The molecule has 2 aromatic carbocycles. The molecule has 3 rings (SSSR count). The third-order valence-electron chi connectivity index (χ3n) is 4.23. The van der Waals surface area contributed by atoms with Gasteiger partial charge in [0.15, 0.2) is 6.10 Å². The number of ether oxygens (including phenoxy) is 1. The monoisotopic (exact) mass is 361 g/mol. The van der Waals surface area contributed by atoms with E-state index in [0.717, 1.165) is 23.7 Å². The zero-order valence-corrected chi connectivity index (χ0v) is 14.6. The van der Waals surface area contributed by atoms with Gasteiger partial charge in [-0.15, -0.1) is 0 Å². The van der Waals surface area contributed by atoms with Gasteiger partial charge >= 0.3 is 5.97 Å². The average molecular weight is 362 g/mol. The molecular weight excluding hydrogens is 345 g/mol. The lowest BCUT2D eigenvalue weighted by Gasteiger charge is -2.26. The Morgan fingerprint density at radius 3 is 2.72 bits per heavy atom. The lowest BCUT2D eigenvalue weighted by atomic mass is 10.1. The number of esters is 1. The molecule has 0 fully saturated rings. The zero-order valence-electron chi connectivity index (χ0n) is 13.8. The summed E-state index contributed by atoms with van der Waals surface area (Å²) in [5.41, 5.74) is 1.64.